The van der Waals surface area contributed by atoms with Crippen molar-refractivity contribution in [3.05, 3.63) is 46.1 Å². The highest BCUT2D eigenvalue weighted by Gasteiger charge is 2.29. The lowest BCUT2D eigenvalue weighted by Crippen LogP contribution is -2.48. The number of aryl methyl sites for hydroxylation is 1. The molecule has 4 heterocycles. The van der Waals surface area contributed by atoms with Gasteiger partial charge in [-0.05, 0) is 56.9 Å². The van der Waals surface area contributed by atoms with Gasteiger partial charge in [0.25, 0.3) is 5.91 Å². The monoisotopic (exact) mass is 469 g/mol. The zero-order chi connectivity index (χ0) is 22.2. The van der Waals surface area contributed by atoms with Crippen molar-refractivity contribution in [2.45, 2.75) is 39.2 Å². The van der Waals surface area contributed by atoms with Crippen molar-refractivity contribution in [1.29, 1.82) is 0 Å². The van der Waals surface area contributed by atoms with Gasteiger partial charge in [0.2, 0.25) is 0 Å². The number of hydrogen-bond donors (Lipinski definition) is 0. The number of halogens is 1. The maximum absolute atomic E-state index is 13.5. The first kappa shape index (κ1) is 21.5. The highest BCUT2D eigenvalue weighted by atomic mass is 35.5. The fraction of sp³-hybridized carbons (Fsp3) is 0.458. The molecule has 6 nitrogen and oxygen atoms in total. The van der Waals surface area contributed by atoms with Crippen LogP contribution >= 0.6 is 22.9 Å². The van der Waals surface area contributed by atoms with Crippen LogP contribution in [0, 0.1) is 6.92 Å². The largest absolute Gasteiger partial charge is 0.368 e. The second-order valence-corrected chi connectivity index (χ2v) is 10.2. The Labute approximate surface area is 197 Å². The van der Waals surface area contributed by atoms with Crippen molar-refractivity contribution in [3.8, 4) is 0 Å². The fourth-order valence-corrected chi connectivity index (χ4v) is 6.17. The molecular formula is C24H28ClN5OS. The van der Waals surface area contributed by atoms with E-state index in [4.69, 9.17) is 11.6 Å². The van der Waals surface area contributed by atoms with E-state index in [9.17, 15) is 4.79 Å². The van der Waals surface area contributed by atoms with E-state index in [1.165, 1.54) is 30.6 Å². The van der Waals surface area contributed by atoms with Crippen LogP contribution in [0.15, 0.2) is 30.6 Å². The smallest absolute Gasteiger partial charge is 0.264 e. The molecule has 0 saturated carbocycles. The molecule has 2 fully saturated rings. The van der Waals surface area contributed by atoms with E-state index in [0.717, 1.165) is 56.8 Å². The van der Waals surface area contributed by atoms with E-state index in [-0.39, 0.29) is 5.91 Å². The number of fused-ring (bicyclic) bond motifs is 1. The lowest BCUT2D eigenvalue weighted by atomic mass is 10.0. The minimum atomic E-state index is 0.105. The summed E-state index contributed by atoms with van der Waals surface area (Å²) in [6.07, 6.45) is 5.27. The molecule has 2 aliphatic rings. The molecule has 1 amide bonds. The van der Waals surface area contributed by atoms with Gasteiger partial charge in [-0.15, -0.1) is 11.3 Å². The summed E-state index contributed by atoms with van der Waals surface area (Å²) >= 11 is 7.66. The molecule has 0 radical (unpaired) electrons. The number of anilines is 2. The summed E-state index contributed by atoms with van der Waals surface area (Å²) in [5, 5.41) is 1.79. The number of hydrogen-bond acceptors (Lipinski definition) is 6. The van der Waals surface area contributed by atoms with E-state index in [1.54, 1.807) is 6.33 Å². The van der Waals surface area contributed by atoms with Crippen LogP contribution in [0.5, 0.6) is 0 Å². The van der Waals surface area contributed by atoms with Crippen molar-refractivity contribution in [1.82, 2.24) is 14.9 Å². The Hall–Kier alpha value is -2.38. The zero-order valence-corrected chi connectivity index (χ0v) is 20.1. The maximum Gasteiger partial charge on any atom is 0.264 e. The molecule has 1 aromatic carbocycles. The average Bonchev–Trinajstić information content (AvgIpc) is 3.16. The van der Waals surface area contributed by atoms with Crippen LogP contribution in [0.1, 0.15) is 41.4 Å². The molecule has 32 heavy (non-hydrogen) atoms. The van der Waals surface area contributed by atoms with Crippen LogP contribution < -0.4 is 9.80 Å². The quantitative estimate of drug-likeness (QED) is 0.540. The van der Waals surface area contributed by atoms with Gasteiger partial charge < -0.3 is 14.7 Å². The second kappa shape index (κ2) is 8.87. The first-order valence-electron chi connectivity index (χ1n) is 11.3. The van der Waals surface area contributed by atoms with Gasteiger partial charge in [-0.2, -0.15) is 0 Å². The summed E-state index contributed by atoms with van der Waals surface area (Å²) in [5.41, 5.74) is 2.12. The molecule has 8 heteroatoms. The third kappa shape index (κ3) is 3.92. The summed E-state index contributed by atoms with van der Waals surface area (Å²) in [6, 6.07) is 8.37. The Morgan fingerprint density at radius 2 is 1.94 bits per heavy atom. The summed E-state index contributed by atoms with van der Waals surface area (Å²) in [6.45, 7) is 8.31. The molecule has 1 unspecified atom stereocenters. The number of carbonyl (C=O) groups is 1. The molecular weight excluding hydrogens is 442 g/mol. The molecule has 0 N–H and O–H groups in total. The molecule has 2 aromatic heterocycles. The van der Waals surface area contributed by atoms with Crippen molar-refractivity contribution in [3.63, 3.8) is 0 Å². The average molecular weight is 470 g/mol. The number of piperidine rings is 1. The minimum Gasteiger partial charge on any atom is -0.368 e. The van der Waals surface area contributed by atoms with Crippen molar-refractivity contribution in [2.75, 3.05) is 42.5 Å². The Morgan fingerprint density at radius 3 is 2.69 bits per heavy atom. The van der Waals surface area contributed by atoms with Crippen molar-refractivity contribution in [2.24, 2.45) is 0 Å². The van der Waals surface area contributed by atoms with Gasteiger partial charge in [-0.3, -0.25) is 4.79 Å². The van der Waals surface area contributed by atoms with Gasteiger partial charge in [0, 0.05) is 49.5 Å². The van der Waals surface area contributed by atoms with Gasteiger partial charge in [-0.1, -0.05) is 17.7 Å². The van der Waals surface area contributed by atoms with E-state index < -0.39 is 0 Å². The van der Waals surface area contributed by atoms with Crippen molar-refractivity contribution < 1.29 is 4.79 Å². The Kier molecular flexibility index (Phi) is 5.95. The first-order valence-corrected chi connectivity index (χ1v) is 12.5. The highest BCUT2D eigenvalue weighted by Crippen LogP contribution is 2.37. The predicted molar refractivity (Wildman–Crippen MR) is 132 cm³/mol. The van der Waals surface area contributed by atoms with Gasteiger partial charge in [0.05, 0.1) is 10.3 Å². The normalized spacial score (nSPS) is 19.6. The predicted octanol–water partition coefficient (Wildman–Crippen LogP) is 4.99. The topological polar surface area (TPSA) is 52.6 Å². The van der Waals surface area contributed by atoms with Crippen LogP contribution in [0.3, 0.4) is 0 Å². The third-order valence-electron chi connectivity index (χ3n) is 6.72. The SMILES string of the molecule is Cc1c(C(=O)N2CCN(c3cccc(Cl)c3)CC2)sc2ncnc(N3CCCCC3C)c12. The van der Waals surface area contributed by atoms with Crippen LogP contribution in [-0.4, -0.2) is 59.5 Å². The van der Waals surface area contributed by atoms with Crippen LogP contribution in [0.4, 0.5) is 11.5 Å². The van der Waals surface area contributed by atoms with Crippen LogP contribution in [0.25, 0.3) is 10.2 Å². The maximum atomic E-state index is 13.5. The summed E-state index contributed by atoms with van der Waals surface area (Å²) < 4.78 is 0. The Bertz CT molecular complexity index is 1140. The third-order valence-corrected chi connectivity index (χ3v) is 8.14. The Balaban J connectivity index is 1.38. The van der Waals surface area contributed by atoms with E-state index in [0.29, 0.717) is 19.1 Å². The minimum absolute atomic E-state index is 0.105. The number of carbonyl (C=O) groups excluding carboxylic acids is 1. The number of piperazine rings is 1. The zero-order valence-electron chi connectivity index (χ0n) is 18.6. The van der Waals surface area contributed by atoms with Gasteiger partial charge >= 0.3 is 0 Å². The van der Waals surface area contributed by atoms with Gasteiger partial charge in [0.15, 0.2) is 0 Å². The molecule has 0 spiro atoms. The molecule has 168 valence electrons. The molecule has 5 rings (SSSR count). The van der Waals surface area contributed by atoms with Gasteiger partial charge in [-0.25, -0.2) is 9.97 Å². The molecule has 1 atom stereocenters. The number of benzene rings is 1. The lowest BCUT2D eigenvalue weighted by Gasteiger charge is -2.36. The van der Waals surface area contributed by atoms with Crippen LogP contribution in [0.2, 0.25) is 5.02 Å². The molecule has 2 aliphatic heterocycles. The molecule has 0 bridgehead atoms. The van der Waals surface area contributed by atoms with E-state index in [2.05, 4.69) is 39.7 Å². The summed E-state index contributed by atoms with van der Waals surface area (Å²) in [7, 11) is 0. The van der Waals surface area contributed by atoms with Gasteiger partial charge in [0.1, 0.15) is 17.0 Å². The van der Waals surface area contributed by atoms with E-state index >= 15 is 0 Å². The second-order valence-electron chi connectivity index (χ2n) is 8.73. The molecule has 0 aliphatic carbocycles. The number of thiophene rings is 1. The summed E-state index contributed by atoms with van der Waals surface area (Å²) in [4.78, 5) is 31.0. The lowest BCUT2D eigenvalue weighted by molar-refractivity contribution is 0.0751. The first-order chi connectivity index (χ1) is 15.5. The number of rotatable bonds is 3. The van der Waals surface area contributed by atoms with Crippen LogP contribution in [-0.2, 0) is 0 Å². The number of aromatic nitrogens is 2. The molecule has 2 saturated heterocycles. The highest BCUT2D eigenvalue weighted by molar-refractivity contribution is 7.20. The standard InChI is InChI=1S/C24H28ClN5OS/c1-16-6-3-4-9-30(16)22-20-17(2)21(32-23(20)27-15-26-22)24(31)29-12-10-28(11-13-29)19-8-5-7-18(25)14-19/h5,7-8,14-16H,3-4,6,9-13H2,1-2H3. The molecule has 3 aromatic rings. The number of nitrogens with zero attached hydrogens (tertiary/aromatic N) is 5. The number of amides is 1. The van der Waals surface area contributed by atoms with E-state index in [1.807, 2.05) is 23.1 Å². The summed E-state index contributed by atoms with van der Waals surface area (Å²) in [5.74, 6) is 1.09. The fourth-order valence-electron chi connectivity index (χ4n) is 4.87. The Morgan fingerprint density at radius 1 is 1.12 bits per heavy atom. The van der Waals surface area contributed by atoms with Crippen molar-refractivity contribution >= 4 is 50.6 Å².